The minimum absolute atomic E-state index is 0.0157. The number of hydrogen-bond acceptors (Lipinski definition) is 5. The second kappa shape index (κ2) is 8.02. The van der Waals surface area contributed by atoms with Crippen molar-refractivity contribution in [2.45, 2.75) is 32.4 Å². The summed E-state index contributed by atoms with van der Waals surface area (Å²) in [4.78, 5) is 14.5. The average Bonchev–Trinajstić information content (AvgIpc) is 3.43. The van der Waals surface area contributed by atoms with Crippen LogP contribution in [0.25, 0.3) is 11.5 Å². The molecule has 2 aromatic carbocycles. The van der Waals surface area contributed by atoms with Crippen molar-refractivity contribution in [1.29, 1.82) is 0 Å². The molecule has 1 amide bonds. The van der Waals surface area contributed by atoms with E-state index in [1.807, 2.05) is 43.3 Å². The molecule has 3 aromatic rings. The Morgan fingerprint density at radius 1 is 1.21 bits per heavy atom. The van der Waals surface area contributed by atoms with Crippen LogP contribution in [0.5, 0.6) is 5.75 Å². The first kappa shape index (κ1) is 18.5. The smallest absolute Gasteiger partial charge is 0.261 e. The van der Waals surface area contributed by atoms with Gasteiger partial charge in [0.15, 0.2) is 6.61 Å². The molecule has 0 atom stereocenters. The van der Waals surface area contributed by atoms with E-state index < -0.39 is 0 Å². The van der Waals surface area contributed by atoms with Crippen LogP contribution in [-0.2, 0) is 11.3 Å². The molecule has 1 aromatic heterocycles. The van der Waals surface area contributed by atoms with Gasteiger partial charge in [0.1, 0.15) is 5.75 Å². The highest BCUT2D eigenvalue weighted by Crippen LogP contribution is 2.29. The third-order valence-corrected chi connectivity index (χ3v) is 4.78. The summed E-state index contributed by atoms with van der Waals surface area (Å²) >= 11 is 5.91. The van der Waals surface area contributed by atoms with Gasteiger partial charge in [0, 0.05) is 16.6 Å². The van der Waals surface area contributed by atoms with Crippen LogP contribution in [0.1, 0.15) is 24.3 Å². The zero-order valence-corrected chi connectivity index (χ0v) is 16.2. The Morgan fingerprint density at radius 3 is 2.71 bits per heavy atom. The zero-order valence-electron chi connectivity index (χ0n) is 15.5. The van der Waals surface area contributed by atoms with Crippen LogP contribution in [0.15, 0.2) is 52.9 Å². The Bertz CT molecular complexity index is 967. The molecule has 1 aliphatic carbocycles. The number of rotatable bonds is 7. The lowest BCUT2D eigenvalue weighted by Gasteiger charge is -2.20. The van der Waals surface area contributed by atoms with E-state index in [-0.39, 0.29) is 25.1 Å². The molecule has 0 bridgehead atoms. The van der Waals surface area contributed by atoms with Crippen LogP contribution in [0.2, 0.25) is 5.02 Å². The highest BCUT2D eigenvalue weighted by molar-refractivity contribution is 6.30. The van der Waals surface area contributed by atoms with Crippen molar-refractivity contribution in [3.05, 3.63) is 65.0 Å². The number of carbonyl (C=O) groups is 1. The molecule has 0 unspecified atom stereocenters. The summed E-state index contributed by atoms with van der Waals surface area (Å²) in [5.74, 6) is 1.41. The van der Waals surface area contributed by atoms with Crippen molar-refractivity contribution in [2.24, 2.45) is 0 Å². The molecule has 0 spiro atoms. The number of aromatic nitrogens is 2. The van der Waals surface area contributed by atoms with E-state index >= 15 is 0 Å². The molecule has 1 heterocycles. The molecular weight excluding hydrogens is 378 g/mol. The number of aryl methyl sites for hydroxylation is 1. The summed E-state index contributed by atoms with van der Waals surface area (Å²) < 4.78 is 11.4. The van der Waals surface area contributed by atoms with Gasteiger partial charge in [0.2, 0.25) is 11.8 Å². The summed E-state index contributed by atoms with van der Waals surface area (Å²) in [5.41, 5.74) is 1.87. The van der Waals surface area contributed by atoms with E-state index in [0.717, 1.165) is 24.0 Å². The third-order valence-electron chi connectivity index (χ3n) is 4.52. The van der Waals surface area contributed by atoms with Crippen LogP contribution in [-0.4, -0.2) is 33.7 Å². The summed E-state index contributed by atoms with van der Waals surface area (Å²) in [5, 5.41) is 8.82. The summed E-state index contributed by atoms with van der Waals surface area (Å²) in [6.45, 7) is 2.25. The van der Waals surface area contributed by atoms with Crippen molar-refractivity contribution < 1.29 is 13.9 Å². The van der Waals surface area contributed by atoms with Crippen molar-refractivity contribution in [3.8, 4) is 17.2 Å². The van der Waals surface area contributed by atoms with Gasteiger partial charge in [-0.2, -0.15) is 0 Å². The first-order valence-electron chi connectivity index (χ1n) is 9.16. The molecule has 0 radical (unpaired) electrons. The van der Waals surface area contributed by atoms with E-state index in [9.17, 15) is 4.79 Å². The maximum absolute atomic E-state index is 12.7. The molecular formula is C21H20ClN3O3. The number of amides is 1. The molecule has 7 heteroatoms. The van der Waals surface area contributed by atoms with Gasteiger partial charge < -0.3 is 14.1 Å². The Morgan fingerprint density at radius 2 is 2.00 bits per heavy atom. The number of benzene rings is 2. The highest BCUT2D eigenvalue weighted by Gasteiger charge is 2.34. The molecule has 4 rings (SSSR count). The molecule has 1 saturated carbocycles. The summed E-state index contributed by atoms with van der Waals surface area (Å²) in [6.07, 6.45) is 1.96. The number of nitrogens with zero attached hydrogens (tertiary/aromatic N) is 3. The molecule has 0 aliphatic heterocycles. The molecule has 1 aliphatic rings. The van der Waals surface area contributed by atoms with Gasteiger partial charge in [0.25, 0.3) is 5.91 Å². The monoisotopic (exact) mass is 397 g/mol. The SMILES string of the molecule is Cc1cccc(OCC(=O)N(Cc2nnc(-c3ccc(Cl)cc3)o2)C2CC2)c1. The second-order valence-electron chi connectivity index (χ2n) is 6.87. The van der Waals surface area contributed by atoms with Crippen LogP contribution in [0, 0.1) is 6.92 Å². The van der Waals surface area contributed by atoms with E-state index in [1.54, 1.807) is 17.0 Å². The predicted molar refractivity (Wildman–Crippen MR) is 105 cm³/mol. The maximum atomic E-state index is 12.7. The van der Waals surface area contributed by atoms with Crippen LogP contribution < -0.4 is 4.74 Å². The summed E-state index contributed by atoms with van der Waals surface area (Å²) in [6, 6.07) is 15.0. The number of hydrogen-bond donors (Lipinski definition) is 0. The van der Waals surface area contributed by atoms with Crippen LogP contribution >= 0.6 is 11.6 Å². The van der Waals surface area contributed by atoms with Gasteiger partial charge >= 0.3 is 0 Å². The molecule has 1 fully saturated rings. The average molecular weight is 398 g/mol. The fourth-order valence-corrected chi connectivity index (χ4v) is 3.04. The Hall–Kier alpha value is -2.86. The standard InChI is InChI=1S/C21H20ClN3O3/c1-14-3-2-4-18(11-14)27-13-20(26)25(17-9-10-17)12-19-23-24-21(28-19)15-5-7-16(22)8-6-15/h2-8,11,17H,9-10,12-13H2,1H3. The Balaban J connectivity index is 1.41. The van der Waals surface area contributed by atoms with Crippen LogP contribution in [0.3, 0.4) is 0 Å². The molecule has 6 nitrogen and oxygen atoms in total. The fourth-order valence-electron chi connectivity index (χ4n) is 2.91. The van der Waals surface area contributed by atoms with Gasteiger partial charge in [-0.15, -0.1) is 10.2 Å². The van der Waals surface area contributed by atoms with Gasteiger partial charge in [-0.25, -0.2) is 0 Å². The first-order chi connectivity index (χ1) is 13.6. The summed E-state index contributed by atoms with van der Waals surface area (Å²) in [7, 11) is 0. The third kappa shape index (κ3) is 4.51. The quantitative estimate of drug-likeness (QED) is 0.595. The Kier molecular flexibility index (Phi) is 5.30. The lowest BCUT2D eigenvalue weighted by Crippen LogP contribution is -2.36. The predicted octanol–water partition coefficient (Wildman–Crippen LogP) is 4.27. The first-order valence-corrected chi connectivity index (χ1v) is 9.53. The lowest BCUT2D eigenvalue weighted by molar-refractivity contribution is -0.134. The Labute approximate surface area is 168 Å². The second-order valence-corrected chi connectivity index (χ2v) is 7.30. The van der Waals surface area contributed by atoms with E-state index in [4.69, 9.17) is 20.8 Å². The molecule has 0 saturated heterocycles. The molecule has 28 heavy (non-hydrogen) atoms. The van der Waals surface area contributed by atoms with E-state index in [0.29, 0.717) is 22.6 Å². The van der Waals surface area contributed by atoms with Crippen molar-refractivity contribution in [2.75, 3.05) is 6.61 Å². The zero-order chi connectivity index (χ0) is 19.5. The minimum atomic E-state index is -0.0877. The molecule has 0 N–H and O–H groups in total. The topological polar surface area (TPSA) is 68.5 Å². The van der Waals surface area contributed by atoms with Gasteiger partial charge in [0.05, 0.1) is 6.54 Å². The van der Waals surface area contributed by atoms with E-state index in [2.05, 4.69) is 10.2 Å². The number of halogens is 1. The van der Waals surface area contributed by atoms with Crippen molar-refractivity contribution in [3.63, 3.8) is 0 Å². The maximum Gasteiger partial charge on any atom is 0.261 e. The van der Waals surface area contributed by atoms with Crippen LogP contribution in [0.4, 0.5) is 0 Å². The van der Waals surface area contributed by atoms with Gasteiger partial charge in [-0.05, 0) is 61.7 Å². The highest BCUT2D eigenvalue weighted by atomic mass is 35.5. The number of ether oxygens (including phenoxy) is 1. The fraction of sp³-hybridized carbons (Fsp3) is 0.286. The van der Waals surface area contributed by atoms with Gasteiger partial charge in [-0.3, -0.25) is 4.79 Å². The largest absolute Gasteiger partial charge is 0.484 e. The van der Waals surface area contributed by atoms with Gasteiger partial charge in [-0.1, -0.05) is 23.7 Å². The van der Waals surface area contributed by atoms with Crippen molar-refractivity contribution >= 4 is 17.5 Å². The molecule has 144 valence electrons. The lowest BCUT2D eigenvalue weighted by atomic mass is 10.2. The minimum Gasteiger partial charge on any atom is -0.484 e. The van der Waals surface area contributed by atoms with E-state index in [1.165, 1.54) is 0 Å². The number of carbonyl (C=O) groups excluding carboxylic acids is 1. The normalized spacial score (nSPS) is 13.4. The van der Waals surface area contributed by atoms with Crippen molar-refractivity contribution in [1.82, 2.24) is 15.1 Å².